The normalized spacial score (nSPS) is 11.0. The van der Waals surface area contributed by atoms with Crippen LogP contribution in [0, 0.1) is 0 Å². The summed E-state index contributed by atoms with van der Waals surface area (Å²) >= 11 is 0. The number of anilines is 1. The van der Waals surface area contributed by atoms with E-state index in [9.17, 15) is 9.59 Å². The van der Waals surface area contributed by atoms with Gasteiger partial charge in [-0.2, -0.15) is 0 Å². The molecule has 3 rings (SSSR count). The Morgan fingerprint density at radius 2 is 1.93 bits per heavy atom. The number of rotatable bonds is 8. The van der Waals surface area contributed by atoms with Gasteiger partial charge in [0.15, 0.2) is 6.61 Å². The van der Waals surface area contributed by atoms with Crippen molar-refractivity contribution in [3.63, 3.8) is 0 Å². The van der Waals surface area contributed by atoms with Gasteiger partial charge in [0.2, 0.25) is 5.91 Å². The summed E-state index contributed by atoms with van der Waals surface area (Å²) in [5, 5.41) is 3.98. The quantitative estimate of drug-likeness (QED) is 0.589. The van der Waals surface area contributed by atoms with Gasteiger partial charge >= 0.3 is 0 Å². The average Bonchev–Trinajstić information content (AvgIpc) is 3.08. The number of primary amides is 1. The number of aryl methyl sites for hydroxylation is 1. The summed E-state index contributed by atoms with van der Waals surface area (Å²) in [4.78, 5) is 22.9. The highest BCUT2D eigenvalue weighted by molar-refractivity contribution is 6.03. The molecule has 0 saturated carbocycles. The number of carbonyl (C=O) groups excluding carboxylic acids is 2. The first kappa shape index (κ1) is 19.2. The fourth-order valence-corrected chi connectivity index (χ4v) is 2.90. The molecule has 0 fully saturated rings. The molecule has 0 bridgehead atoms. The van der Waals surface area contributed by atoms with Crippen molar-refractivity contribution in [2.24, 2.45) is 5.73 Å². The van der Waals surface area contributed by atoms with E-state index in [1.807, 2.05) is 18.2 Å². The predicted octanol–water partition coefficient (Wildman–Crippen LogP) is 3.57. The monoisotopic (exact) mass is 377 g/mol. The molecule has 6 heteroatoms. The van der Waals surface area contributed by atoms with Crippen molar-refractivity contribution in [2.75, 3.05) is 11.9 Å². The second-order valence-corrected chi connectivity index (χ2v) is 6.43. The molecule has 144 valence electrons. The van der Waals surface area contributed by atoms with E-state index in [-0.39, 0.29) is 12.5 Å². The van der Waals surface area contributed by atoms with Crippen molar-refractivity contribution in [3.8, 4) is 5.75 Å². The van der Waals surface area contributed by atoms with Gasteiger partial charge in [0.1, 0.15) is 5.75 Å². The molecule has 0 spiro atoms. The molecular formula is C22H23N3O3. The number of amides is 2. The van der Waals surface area contributed by atoms with E-state index in [0.717, 1.165) is 35.1 Å². The van der Waals surface area contributed by atoms with Gasteiger partial charge in [-0.05, 0) is 54.5 Å². The van der Waals surface area contributed by atoms with Gasteiger partial charge in [-0.15, -0.1) is 0 Å². The molecule has 3 N–H and O–H groups in total. The minimum absolute atomic E-state index is 0.163. The third-order valence-electron chi connectivity index (χ3n) is 4.19. The smallest absolute Gasteiger partial charge is 0.255 e. The van der Waals surface area contributed by atoms with Gasteiger partial charge in [-0.1, -0.05) is 19.1 Å². The SMILES string of the molecule is CCCn1ccc2cc(NC(=O)/C=C/c3ccc(OCC(N)=O)cc3)ccc21. The van der Waals surface area contributed by atoms with Crippen molar-refractivity contribution in [1.29, 1.82) is 0 Å². The zero-order chi connectivity index (χ0) is 19.9. The van der Waals surface area contributed by atoms with Crippen LogP contribution in [-0.2, 0) is 16.1 Å². The van der Waals surface area contributed by atoms with Crippen LogP contribution in [0.15, 0.2) is 60.8 Å². The van der Waals surface area contributed by atoms with Crippen molar-refractivity contribution in [1.82, 2.24) is 4.57 Å². The van der Waals surface area contributed by atoms with Crippen LogP contribution in [0.4, 0.5) is 5.69 Å². The van der Waals surface area contributed by atoms with Gasteiger partial charge in [0, 0.05) is 35.4 Å². The van der Waals surface area contributed by atoms with Crippen LogP contribution < -0.4 is 15.8 Å². The van der Waals surface area contributed by atoms with Crippen LogP contribution in [0.25, 0.3) is 17.0 Å². The summed E-state index contributed by atoms with van der Waals surface area (Å²) < 4.78 is 7.41. The topological polar surface area (TPSA) is 86.3 Å². The Labute approximate surface area is 163 Å². The lowest BCUT2D eigenvalue weighted by Gasteiger charge is -2.05. The standard InChI is InChI=1S/C22H23N3O3/c1-2-12-25-13-11-17-14-18(6-9-20(17)25)24-22(27)10-5-16-3-7-19(8-4-16)28-15-21(23)26/h3-11,13-14H,2,12,15H2,1H3,(H2,23,26)(H,24,27)/b10-5+. The van der Waals surface area contributed by atoms with Gasteiger partial charge in [0.25, 0.3) is 5.91 Å². The summed E-state index contributed by atoms with van der Waals surface area (Å²) in [5.74, 6) is -0.189. The second-order valence-electron chi connectivity index (χ2n) is 6.43. The van der Waals surface area contributed by atoms with Gasteiger partial charge in [0.05, 0.1) is 0 Å². The number of hydrogen-bond acceptors (Lipinski definition) is 3. The number of carbonyl (C=O) groups is 2. The zero-order valence-electron chi connectivity index (χ0n) is 15.7. The van der Waals surface area contributed by atoms with E-state index in [2.05, 4.69) is 29.1 Å². The Hall–Kier alpha value is -3.54. The molecule has 2 amide bonds. The van der Waals surface area contributed by atoms with E-state index >= 15 is 0 Å². The number of benzene rings is 2. The van der Waals surface area contributed by atoms with Crippen LogP contribution in [0.5, 0.6) is 5.75 Å². The highest BCUT2D eigenvalue weighted by Gasteiger charge is 2.04. The maximum atomic E-state index is 12.2. The Morgan fingerprint density at radius 3 is 2.64 bits per heavy atom. The van der Waals surface area contributed by atoms with E-state index < -0.39 is 5.91 Å². The molecule has 1 aromatic heterocycles. The minimum Gasteiger partial charge on any atom is -0.484 e. The van der Waals surface area contributed by atoms with Crippen LogP contribution in [0.1, 0.15) is 18.9 Å². The van der Waals surface area contributed by atoms with Crippen molar-refractivity contribution in [3.05, 3.63) is 66.4 Å². The van der Waals surface area contributed by atoms with E-state index in [1.165, 1.54) is 6.08 Å². The largest absolute Gasteiger partial charge is 0.484 e. The Balaban J connectivity index is 1.60. The number of nitrogens with one attached hydrogen (secondary N) is 1. The molecule has 28 heavy (non-hydrogen) atoms. The lowest BCUT2D eigenvalue weighted by atomic mass is 10.2. The van der Waals surface area contributed by atoms with E-state index in [1.54, 1.807) is 30.3 Å². The number of nitrogens with zero attached hydrogens (tertiary/aromatic N) is 1. The lowest BCUT2D eigenvalue weighted by molar-refractivity contribution is -0.120. The molecule has 0 radical (unpaired) electrons. The molecule has 0 unspecified atom stereocenters. The summed E-state index contributed by atoms with van der Waals surface area (Å²) in [6.07, 6.45) is 6.33. The van der Waals surface area contributed by atoms with Gasteiger partial charge < -0.3 is 20.4 Å². The van der Waals surface area contributed by atoms with Crippen LogP contribution >= 0.6 is 0 Å². The molecule has 0 saturated heterocycles. The zero-order valence-corrected chi connectivity index (χ0v) is 15.7. The molecule has 1 heterocycles. The first-order valence-corrected chi connectivity index (χ1v) is 9.14. The fraction of sp³-hybridized carbons (Fsp3) is 0.182. The fourth-order valence-electron chi connectivity index (χ4n) is 2.90. The Bertz CT molecular complexity index is 1000. The van der Waals surface area contributed by atoms with Crippen LogP contribution in [-0.4, -0.2) is 23.0 Å². The predicted molar refractivity (Wildman–Crippen MR) is 111 cm³/mol. The highest BCUT2D eigenvalue weighted by Crippen LogP contribution is 2.21. The molecule has 6 nitrogen and oxygen atoms in total. The number of fused-ring (bicyclic) bond motifs is 1. The first-order valence-electron chi connectivity index (χ1n) is 9.14. The second kappa shape index (κ2) is 8.90. The maximum Gasteiger partial charge on any atom is 0.255 e. The number of ether oxygens (including phenoxy) is 1. The lowest BCUT2D eigenvalue weighted by Crippen LogP contribution is -2.19. The van der Waals surface area contributed by atoms with Gasteiger partial charge in [-0.25, -0.2) is 0 Å². The Kier molecular flexibility index (Phi) is 6.11. The van der Waals surface area contributed by atoms with Crippen LogP contribution in [0.2, 0.25) is 0 Å². The summed E-state index contributed by atoms with van der Waals surface area (Å²) in [6, 6.07) is 15.0. The Morgan fingerprint density at radius 1 is 1.14 bits per heavy atom. The molecule has 0 aliphatic carbocycles. The minimum atomic E-state index is -0.527. The summed E-state index contributed by atoms with van der Waals surface area (Å²) in [5.41, 5.74) is 7.80. The third-order valence-corrected chi connectivity index (χ3v) is 4.19. The molecular weight excluding hydrogens is 354 g/mol. The number of hydrogen-bond donors (Lipinski definition) is 2. The van der Waals surface area contributed by atoms with Gasteiger partial charge in [-0.3, -0.25) is 9.59 Å². The summed E-state index contributed by atoms with van der Waals surface area (Å²) in [6.45, 7) is 2.96. The highest BCUT2D eigenvalue weighted by atomic mass is 16.5. The first-order chi connectivity index (χ1) is 13.5. The summed E-state index contributed by atoms with van der Waals surface area (Å²) in [7, 11) is 0. The molecule has 3 aromatic rings. The number of aromatic nitrogens is 1. The van der Waals surface area contributed by atoms with E-state index in [4.69, 9.17) is 10.5 Å². The molecule has 0 atom stereocenters. The molecule has 2 aromatic carbocycles. The van der Waals surface area contributed by atoms with Crippen LogP contribution in [0.3, 0.4) is 0 Å². The molecule has 0 aliphatic heterocycles. The maximum absolute atomic E-state index is 12.2. The molecule has 0 aliphatic rings. The van der Waals surface area contributed by atoms with Crippen molar-refractivity contribution >= 4 is 34.5 Å². The average molecular weight is 377 g/mol. The van der Waals surface area contributed by atoms with Crippen molar-refractivity contribution in [2.45, 2.75) is 19.9 Å². The third kappa shape index (κ3) is 5.01. The van der Waals surface area contributed by atoms with Crippen molar-refractivity contribution < 1.29 is 14.3 Å². The van der Waals surface area contributed by atoms with E-state index in [0.29, 0.717) is 5.75 Å². The number of nitrogens with two attached hydrogens (primary N) is 1.